The zero-order chi connectivity index (χ0) is 17.0. The molecule has 0 saturated heterocycles. The number of rotatable bonds is 8. The molecule has 0 saturated carbocycles. The molecule has 2 rings (SSSR count). The number of nitrogens with zero attached hydrogens (tertiary/aromatic N) is 2. The highest BCUT2D eigenvalue weighted by Gasteiger charge is 2.34. The molecule has 5 N–H and O–H groups in total. The van der Waals surface area contributed by atoms with Crippen LogP contribution in [0.2, 0.25) is 0 Å². The van der Waals surface area contributed by atoms with Gasteiger partial charge in [0.15, 0.2) is 6.17 Å². The van der Waals surface area contributed by atoms with Crippen LogP contribution in [0.15, 0.2) is 22.1 Å². The van der Waals surface area contributed by atoms with Crippen LogP contribution in [-0.4, -0.2) is 49.8 Å². The molecule has 0 aromatic rings. The van der Waals surface area contributed by atoms with Gasteiger partial charge in [-0.25, -0.2) is 0 Å². The van der Waals surface area contributed by atoms with Crippen molar-refractivity contribution in [2.24, 2.45) is 16.0 Å². The fourth-order valence-electron chi connectivity index (χ4n) is 2.71. The van der Waals surface area contributed by atoms with E-state index in [-0.39, 0.29) is 17.7 Å². The van der Waals surface area contributed by atoms with Crippen LogP contribution in [0.25, 0.3) is 0 Å². The monoisotopic (exact) mass is 321 g/mol. The van der Waals surface area contributed by atoms with Crippen LogP contribution < -0.4 is 26.7 Å². The number of hydrogen-bond donors (Lipinski definition) is 5. The summed E-state index contributed by atoms with van der Waals surface area (Å²) in [4.78, 5) is 4.62. The van der Waals surface area contributed by atoms with Gasteiger partial charge in [0, 0.05) is 12.1 Å². The molecule has 23 heavy (non-hydrogen) atoms. The van der Waals surface area contributed by atoms with Crippen molar-refractivity contribution in [1.82, 2.24) is 26.7 Å². The van der Waals surface area contributed by atoms with Crippen LogP contribution in [0.4, 0.5) is 0 Å². The molecule has 130 valence electrons. The summed E-state index contributed by atoms with van der Waals surface area (Å²) in [7, 11) is 3.95. The van der Waals surface area contributed by atoms with Crippen molar-refractivity contribution in [3.05, 3.63) is 12.0 Å². The quantitative estimate of drug-likeness (QED) is 0.445. The normalized spacial score (nSPS) is 21.7. The van der Waals surface area contributed by atoms with E-state index in [1.807, 2.05) is 20.3 Å². The molecule has 2 heterocycles. The Labute approximate surface area is 139 Å². The van der Waals surface area contributed by atoms with Crippen molar-refractivity contribution >= 4 is 11.4 Å². The van der Waals surface area contributed by atoms with Gasteiger partial charge in [-0.1, -0.05) is 13.8 Å². The molecule has 2 aliphatic heterocycles. The highest BCUT2D eigenvalue weighted by molar-refractivity contribution is 6.47. The van der Waals surface area contributed by atoms with Crippen LogP contribution in [0, 0.1) is 5.92 Å². The molecular weight excluding hydrogens is 290 g/mol. The number of nitrogens with one attached hydrogen (secondary N) is 5. The van der Waals surface area contributed by atoms with Gasteiger partial charge in [-0.2, -0.15) is 5.10 Å². The fourth-order valence-corrected chi connectivity index (χ4v) is 2.71. The number of hydrazone groups is 1. The minimum absolute atomic E-state index is 0.0515. The number of aliphatic imine (C=N–C) groups is 1. The Kier molecular flexibility index (Phi) is 5.64. The molecule has 0 spiro atoms. The van der Waals surface area contributed by atoms with Gasteiger partial charge in [0.05, 0.1) is 12.2 Å². The van der Waals surface area contributed by atoms with E-state index >= 15 is 0 Å². The summed E-state index contributed by atoms with van der Waals surface area (Å²) in [6.07, 6.45) is 2.83. The first-order valence-electron chi connectivity index (χ1n) is 8.36. The largest absolute Gasteiger partial charge is 0.371 e. The molecule has 0 aliphatic carbocycles. The molecule has 0 bridgehead atoms. The zero-order valence-electron chi connectivity index (χ0n) is 15.1. The SMILES string of the molecule is CNC(C1=NNC2NC(NCCC(C)(C)NC)=CN=C12)C(C)C. The van der Waals surface area contributed by atoms with E-state index in [2.05, 4.69) is 64.5 Å². The van der Waals surface area contributed by atoms with Crippen molar-refractivity contribution < 1.29 is 0 Å². The third-order valence-electron chi connectivity index (χ3n) is 4.50. The Morgan fingerprint density at radius 2 is 2.04 bits per heavy atom. The second kappa shape index (κ2) is 7.31. The Balaban J connectivity index is 1.97. The minimum Gasteiger partial charge on any atom is -0.371 e. The molecule has 2 atom stereocenters. The second-order valence-electron chi connectivity index (χ2n) is 7.08. The van der Waals surface area contributed by atoms with Crippen molar-refractivity contribution in [3.63, 3.8) is 0 Å². The van der Waals surface area contributed by atoms with E-state index < -0.39 is 0 Å². The first-order valence-corrected chi connectivity index (χ1v) is 8.36. The predicted octanol–water partition coefficient (Wildman–Crippen LogP) is 0.337. The van der Waals surface area contributed by atoms with Crippen LogP contribution in [0.1, 0.15) is 34.1 Å². The molecule has 0 fully saturated rings. The molecule has 0 aromatic heterocycles. The maximum Gasteiger partial charge on any atom is 0.159 e. The van der Waals surface area contributed by atoms with Crippen LogP contribution >= 0.6 is 0 Å². The van der Waals surface area contributed by atoms with Crippen LogP contribution in [-0.2, 0) is 0 Å². The van der Waals surface area contributed by atoms with Gasteiger partial charge >= 0.3 is 0 Å². The molecule has 0 aromatic carbocycles. The lowest BCUT2D eigenvalue weighted by atomic mass is 9.95. The van der Waals surface area contributed by atoms with Gasteiger partial charge in [-0.3, -0.25) is 10.4 Å². The molecule has 0 amide bonds. The van der Waals surface area contributed by atoms with E-state index in [1.165, 1.54) is 0 Å². The van der Waals surface area contributed by atoms with Gasteiger partial charge in [0.2, 0.25) is 0 Å². The fraction of sp³-hybridized carbons (Fsp3) is 0.750. The smallest absolute Gasteiger partial charge is 0.159 e. The Morgan fingerprint density at radius 1 is 1.30 bits per heavy atom. The Hall–Kier alpha value is -1.60. The lowest BCUT2D eigenvalue weighted by molar-refractivity contribution is 0.385. The summed E-state index contributed by atoms with van der Waals surface area (Å²) in [6.45, 7) is 9.62. The molecule has 7 heteroatoms. The molecule has 2 unspecified atom stereocenters. The van der Waals surface area contributed by atoms with Crippen molar-refractivity contribution in [2.45, 2.75) is 51.9 Å². The van der Waals surface area contributed by atoms with Crippen molar-refractivity contribution in [2.75, 3.05) is 20.6 Å². The van der Waals surface area contributed by atoms with Crippen molar-refractivity contribution in [1.29, 1.82) is 0 Å². The van der Waals surface area contributed by atoms with Crippen molar-refractivity contribution in [3.8, 4) is 0 Å². The Bertz CT molecular complexity index is 505. The second-order valence-corrected chi connectivity index (χ2v) is 7.08. The molecule has 2 aliphatic rings. The summed E-state index contributed by atoms with van der Waals surface area (Å²) in [5, 5.41) is 17.9. The Morgan fingerprint density at radius 3 is 2.65 bits per heavy atom. The average molecular weight is 321 g/mol. The van der Waals surface area contributed by atoms with E-state index in [9.17, 15) is 0 Å². The van der Waals surface area contributed by atoms with E-state index in [0.29, 0.717) is 5.92 Å². The van der Waals surface area contributed by atoms with Gasteiger partial charge in [-0.15, -0.1) is 0 Å². The maximum absolute atomic E-state index is 4.62. The van der Waals surface area contributed by atoms with Gasteiger partial charge < -0.3 is 21.3 Å². The summed E-state index contributed by atoms with van der Waals surface area (Å²) in [6, 6.07) is 0.201. The summed E-state index contributed by atoms with van der Waals surface area (Å²) < 4.78 is 0. The highest BCUT2D eigenvalue weighted by atomic mass is 15.4. The third kappa shape index (κ3) is 4.23. The minimum atomic E-state index is -0.0515. The first-order chi connectivity index (χ1) is 10.9. The molecule has 7 nitrogen and oxygen atoms in total. The number of hydrogen-bond acceptors (Lipinski definition) is 7. The molecule has 0 radical (unpaired) electrons. The zero-order valence-corrected chi connectivity index (χ0v) is 15.1. The molecular formula is C16H31N7. The number of fused-ring (bicyclic) bond motifs is 1. The average Bonchev–Trinajstić information content (AvgIpc) is 2.91. The summed E-state index contributed by atoms with van der Waals surface area (Å²) >= 11 is 0. The van der Waals surface area contributed by atoms with E-state index in [1.54, 1.807) is 0 Å². The predicted molar refractivity (Wildman–Crippen MR) is 96.5 cm³/mol. The summed E-state index contributed by atoms with van der Waals surface area (Å²) in [5.74, 6) is 1.38. The standard InChI is InChI=1S/C16H31N7/c1-10(2)12(17-5)13-14-15(23-22-13)21-11(9-20-14)19-8-7-16(3,4)18-6/h9-10,12,15,17-19,21,23H,7-8H2,1-6H3. The summed E-state index contributed by atoms with van der Waals surface area (Å²) in [5.41, 5.74) is 5.22. The lowest BCUT2D eigenvalue weighted by Gasteiger charge is -2.27. The third-order valence-corrected chi connectivity index (χ3v) is 4.50. The van der Waals surface area contributed by atoms with E-state index in [0.717, 1.165) is 30.2 Å². The van der Waals surface area contributed by atoms with Crippen LogP contribution in [0.5, 0.6) is 0 Å². The van der Waals surface area contributed by atoms with Gasteiger partial charge in [0.25, 0.3) is 0 Å². The lowest BCUT2D eigenvalue weighted by Crippen LogP contribution is -2.51. The van der Waals surface area contributed by atoms with E-state index in [4.69, 9.17) is 0 Å². The highest BCUT2D eigenvalue weighted by Crippen LogP contribution is 2.14. The first kappa shape index (κ1) is 17.7. The van der Waals surface area contributed by atoms with Crippen LogP contribution in [0.3, 0.4) is 0 Å². The van der Waals surface area contributed by atoms with Gasteiger partial charge in [0.1, 0.15) is 17.2 Å². The van der Waals surface area contributed by atoms with Gasteiger partial charge in [-0.05, 0) is 40.3 Å². The maximum atomic E-state index is 4.62. The topological polar surface area (TPSA) is 84.9 Å².